The Balaban J connectivity index is 1.83. The zero-order valence-electron chi connectivity index (χ0n) is 15.1. The van der Waals surface area contributed by atoms with Gasteiger partial charge in [-0.3, -0.25) is 9.67 Å². The number of hydrogen-bond donors (Lipinski definition) is 0. The van der Waals surface area contributed by atoms with Crippen molar-refractivity contribution in [1.29, 1.82) is 0 Å². The molecule has 0 aliphatic rings. The summed E-state index contributed by atoms with van der Waals surface area (Å²) >= 11 is 0. The van der Waals surface area contributed by atoms with Gasteiger partial charge in [-0.1, -0.05) is 36.4 Å². The molecule has 0 saturated carbocycles. The topological polar surface area (TPSA) is 57.0 Å². The van der Waals surface area contributed by atoms with Gasteiger partial charge in [0, 0.05) is 30.6 Å². The predicted molar refractivity (Wildman–Crippen MR) is 100 cm³/mol. The minimum Gasteiger partial charge on any atom is -0.448 e. The van der Waals surface area contributed by atoms with E-state index < -0.39 is 12.1 Å². The normalized spacial score (nSPS) is 12.3. The second kappa shape index (κ2) is 7.78. The van der Waals surface area contributed by atoms with Crippen LogP contribution in [0.4, 0.5) is 0 Å². The number of esters is 1. The molecule has 0 aliphatic heterocycles. The van der Waals surface area contributed by atoms with Crippen LogP contribution in [0.15, 0.2) is 60.8 Å². The molecule has 0 amide bonds. The van der Waals surface area contributed by atoms with Gasteiger partial charge in [0.1, 0.15) is 0 Å². The average Bonchev–Trinajstić information content (AvgIpc) is 2.91. The van der Waals surface area contributed by atoms with Crippen LogP contribution in [0.2, 0.25) is 0 Å². The second-order valence-corrected chi connectivity index (χ2v) is 6.02. The lowest BCUT2D eigenvalue weighted by molar-refractivity contribution is -0.141. The Morgan fingerprint density at radius 2 is 1.85 bits per heavy atom. The molecule has 2 aromatic heterocycles. The van der Waals surface area contributed by atoms with Gasteiger partial charge in [0.15, 0.2) is 6.10 Å². The predicted octanol–water partition coefficient (Wildman–Crippen LogP) is 3.78. The molecule has 2 heterocycles. The maximum absolute atomic E-state index is 12.4. The first-order chi connectivity index (χ1) is 12.6. The molecule has 0 radical (unpaired) electrons. The number of ether oxygens (including phenoxy) is 1. The van der Waals surface area contributed by atoms with E-state index in [-0.39, 0.29) is 0 Å². The fraction of sp³-hybridized carbons (Fsp3) is 0.190. The van der Waals surface area contributed by atoms with E-state index in [1.165, 1.54) is 6.08 Å². The van der Waals surface area contributed by atoms with Gasteiger partial charge < -0.3 is 4.74 Å². The van der Waals surface area contributed by atoms with Crippen LogP contribution in [-0.2, 0) is 16.6 Å². The summed E-state index contributed by atoms with van der Waals surface area (Å²) in [4.78, 5) is 16.8. The van der Waals surface area contributed by atoms with Gasteiger partial charge in [0.25, 0.3) is 0 Å². The molecule has 3 rings (SSSR count). The molecular weight excluding hydrogens is 326 g/mol. The van der Waals surface area contributed by atoms with Crippen LogP contribution in [0, 0.1) is 13.8 Å². The summed E-state index contributed by atoms with van der Waals surface area (Å²) in [5.74, 6) is -0.424. The Morgan fingerprint density at radius 1 is 1.12 bits per heavy atom. The molecule has 0 aliphatic carbocycles. The van der Waals surface area contributed by atoms with Gasteiger partial charge in [-0.05, 0) is 37.6 Å². The van der Waals surface area contributed by atoms with Crippen LogP contribution in [-0.4, -0.2) is 20.7 Å². The molecule has 0 fully saturated rings. The number of aryl methyl sites for hydroxylation is 2. The van der Waals surface area contributed by atoms with Crippen molar-refractivity contribution in [2.45, 2.75) is 20.0 Å². The van der Waals surface area contributed by atoms with Crippen molar-refractivity contribution in [3.63, 3.8) is 0 Å². The molecule has 1 aromatic carbocycles. The lowest BCUT2D eigenvalue weighted by Crippen LogP contribution is -2.12. The van der Waals surface area contributed by atoms with Crippen molar-refractivity contribution in [2.75, 3.05) is 0 Å². The molecule has 0 N–H and O–H groups in total. The number of nitrogens with zero attached hydrogens (tertiary/aromatic N) is 3. The van der Waals surface area contributed by atoms with Gasteiger partial charge in [0.2, 0.25) is 0 Å². The average molecular weight is 347 g/mol. The molecule has 1 atom stereocenters. The number of aromatic nitrogens is 3. The standard InChI is InChI=1S/C21H21N3O2/c1-15-18(16(2)24(3)23-15)12-13-20(25)26-21(17-9-5-4-6-10-17)19-11-7-8-14-22-19/h4-14,21H,1-3H3/b13-12+/t21-/m1/s1. The molecule has 132 valence electrons. The molecule has 0 saturated heterocycles. The van der Waals surface area contributed by atoms with Gasteiger partial charge in [0.05, 0.1) is 11.4 Å². The van der Waals surface area contributed by atoms with Crippen molar-refractivity contribution in [1.82, 2.24) is 14.8 Å². The zero-order valence-corrected chi connectivity index (χ0v) is 15.1. The third-order valence-corrected chi connectivity index (χ3v) is 4.24. The van der Waals surface area contributed by atoms with Crippen LogP contribution in [0.5, 0.6) is 0 Å². The summed E-state index contributed by atoms with van der Waals surface area (Å²) in [7, 11) is 1.88. The summed E-state index contributed by atoms with van der Waals surface area (Å²) in [5.41, 5.74) is 4.36. The van der Waals surface area contributed by atoms with Crippen molar-refractivity contribution >= 4 is 12.0 Å². The summed E-state index contributed by atoms with van der Waals surface area (Å²) in [6.07, 6.45) is 4.33. The maximum Gasteiger partial charge on any atom is 0.331 e. The first-order valence-electron chi connectivity index (χ1n) is 8.41. The SMILES string of the molecule is Cc1nn(C)c(C)c1/C=C/C(=O)O[C@H](c1ccccc1)c1ccccn1. The largest absolute Gasteiger partial charge is 0.448 e. The maximum atomic E-state index is 12.4. The molecule has 0 spiro atoms. The van der Waals surface area contributed by atoms with Crippen LogP contribution in [0.1, 0.15) is 34.3 Å². The Bertz CT molecular complexity index is 876. The first-order valence-corrected chi connectivity index (χ1v) is 8.41. The van der Waals surface area contributed by atoms with Crippen molar-refractivity contribution < 1.29 is 9.53 Å². The third kappa shape index (κ3) is 3.88. The summed E-state index contributed by atoms with van der Waals surface area (Å²) < 4.78 is 7.51. The monoisotopic (exact) mass is 347 g/mol. The molecule has 5 nitrogen and oxygen atoms in total. The van der Waals surface area contributed by atoms with Crippen molar-refractivity contribution in [3.8, 4) is 0 Å². The Hall–Kier alpha value is -3.21. The molecule has 26 heavy (non-hydrogen) atoms. The summed E-state index contributed by atoms with van der Waals surface area (Å²) in [6, 6.07) is 15.2. The van der Waals surface area contributed by atoms with Crippen LogP contribution in [0.3, 0.4) is 0 Å². The summed E-state index contributed by atoms with van der Waals surface area (Å²) in [5, 5.41) is 4.35. The van der Waals surface area contributed by atoms with E-state index in [1.54, 1.807) is 17.0 Å². The lowest BCUT2D eigenvalue weighted by atomic mass is 10.1. The van der Waals surface area contributed by atoms with Crippen LogP contribution in [0.25, 0.3) is 6.08 Å². The number of pyridine rings is 1. The fourth-order valence-corrected chi connectivity index (χ4v) is 2.80. The highest BCUT2D eigenvalue weighted by atomic mass is 16.5. The second-order valence-electron chi connectivity index (χ2n) is 6.02. The number of carbonyl (C=O) groups is 1. The lowest BCUT2D eigenvalue weighted by Gasteiger charge is -2.16. The first kappa shape index (κ1) is 17.6. The van der Waals surface area contributed by atoms with Gasteiger partial charge in [-0.15, -0.1) is 0 Å². The molecular formula is C21H21N3O2. The van der Waals surface area contributed by atoms with Gasteiger partial charge in [-0.25, -0.2) is 4.79 Å². The Labute approximate surface area is 153 Å². The van der Waals surface area contributed by atoms with E-state index in [0.717, 1.165) is 22.5 Å². The van der Waals surface area contributed by atoms with E-state index in [0.29, 0.717) is 5.69 Å². The van der Waals surface area contributed by atoms with Crippen LogP contribution >= 0.6 is 0 Å². The molecule has 0 bridgehead atoms. The highest BCUT2D eigenvalue weighted by molar-refractivity contribution is 5.87. The Morgan fingerprint density at radius 3 is 2.46 bits per heavy atom. The summed E-state index contributed by atoms with van der Waals surface area (Å²) in [6.45, 7) is 3.88. The molecule has 0 unspecified atom stereocenters. The quantitative estimate of drug-likeness (QED) is 0.521. The minimum absolute atomic E-state index is 0.424. The number of hydrogen-bond acceptors (Lipinski definition) is 4. The molecule has 5 heteroatoms. The van der Waals surface area contributed by atoms with E-state index >= 15 is 0 Å². The molecule has 3 aromatic rings. The van der Waals surface area contributed by atoms with E-state index in [1.807, 2.05) is 69.4 Å². The Kier molecular flexibility index (Phi) is 5.27. The van der Waals surface area contributed by atoms with Crippen LogP contribution < -0.4 is 0 Å². The van der Waals surface area contributed by atoms with E-state index in [2.05, 4.69) is 10.1 Å². The van der Waals surface area contributed by atoms with E-state index in [9.17, 15) is 4.79 Å². The number of rotatable bonds is 5. The van der Waals surface area contributed by atoms with Crippen molar-refractivity contribution in [3.05, 3.63) is 89.0 Å². The zero-order chi connectivity index (χ0) is 18.5. The smallest absolute Gasteiger partial charge is 0.331 e. The number of carbonyl (C=O) groups excluding carboxylic acids is 1. The fourth-order valence-electron chi connectivity index (χ4n) is 2.80. The van der Waals surface area contributed by atoms with Gasteiger partial charge in [-0.2, -0.15) is 5.10 Å². The van der Waals surface area contributed by atoms with Crippen molar-refractivity contribution in [2.24, 2.45) is 7.05 Å². The highest BCUT2D eigenvalue weighted by Gasteiger charge is 2.19. The minimum atomic E-state index is -0.550. The van der Waals surface area contributed by atoms with Gasteiger partial charge >= 0.3 is 5.97 Å². The third-order valence-electron chi connectivity index (χ3n) is 4.24. The van der Waals surface area contributed by atoms with E-state index in [4.69, 9.17) is 4.74 Å². The highest BCUT2D eigenvalue weighted by Crippen LogP contribution is 2.24. The number of benzene rings is 1.